The van der Waals surface area contributed by atoms with Crippen LogP contribution in [0, 0.1) is 11.3 Å². The molecule has 1 N–H and O–H groups in total. The van der Waals surface area contributed by atoms with E-state index in [0.717, 1.165) is 12.1 Å². The summed E-state index contributed by atoms with van der Waals surface area (Å²) < 4.78 is 64.9. The maximum absolute atomic E-state index is 13.2. The first kappa shape index (κ1) is 24.6. The van der Waals surface area contributed by atoms with Crippen LogP contribution in [0.3, 0.4) is 0 Å². The molecule has 31 heavy (non-hydrogen) atoms. The molecular formula is C20H19ClF3N3O3S. The number of amides is 1. The average Bonchev–Trinajstić information content (AvgIpc) is 2.67. The first-order valence-corrected chi connectivity index (χ1v) is 11.1. The summed E-state index contributed by atoms with van der Waals surface area (Å²) in [5.41, 5.74) is -3.49. The molecule has 0 aliphatic carbocycles. The molecule has 0 radical (unpaired) electrons. The third-order valence-electron chi connectivity index (χ3n) is 4.78. The molecule has 1 heterocycles. The molecule has 0 aliphatic heterocycles. The molecular weight excluding hydrogens is 455 g/mol. The van der Waals surface area contributed by atoms with Crippen LogP contribution >= 0.6 is 11.6 Å². The van der Waals surface area contributed by atoms with E-state index in [0.29, 0.717) is 6.07 Å². The normalized spacial score (nSPS) is 14.0. The van der Waals surface area contributed by atoms with Crippen LogP contribution in [0.5, 0.6) is 0 Å². The number of alkyl halides is 3. The minimum atomic E-state index is -4.81. The van der Waals surface area contributed by atoms with E-state index in [9.17, 15) is 26.4 Å². The van der Waals surface area contributed by atoms with Gasteiger partial charge in [0.25, 0.3) is 0 Å². The maximum Gasteiger partial charge on any atom is 0.417 e. The summed E-state index contributed by atoms with van der Waals surface area (Å²) in [7, 11) is -3.74. The number of halogens is 4. The number of nitrogens with zero attached hydrogens (tertiary/aromatic N) is 2. The van der Waals surface area contributed by atoms with Crippen LogP contribution in [-0.2, 0) is 26.2 Å². The minimum Gasteiger partial charge on any atom is -0.325 e. The van der Waals surface area contributed by atoms with Gasteiger partial charge in [-0.1, -0.05) is 17.7 Å². The smallest absolute Gasteiger partial charge is 0.325 e. The van der Waals surface area contributed by atoms with E-state index in [1.54, 1.807) is 0 Å². The Bertz CT molecular complexity index is 1130. The van der Waals surface area contributed by atoms with E-state index >= 15 is 0 Å². The van der Waals surface area contributed by atoms with Crippen LogP contribution in [0.1, 0.15) is 37.5 Å². The lowest BCUT2D eigenvalue weighted by Crippen LogP contribution is -2.45. The lowest BCUT2D eigenvalue weighted by atomic mass is 9.84. The van der Waals surface area contributed by atoms with Crippen molar-refractivity contribution in [3.8, 4) is 6.07 Å². The lowest BCUT2D eigenvalue weighted by molar-refractivity contribution is -0.137. The van der Waals surface area contributed by atoms with Gasteiger partial charge in [0.05, 0.1) is 33.6 Å². The number of benzene rings is 1. The van der Waals surface area contributed by atoms with Crippen molar-refractivity contribution in [2.75, 3.05) is 11.1 Å². The van der Waals surface area contributed by atoms with Crippen molar-refractivity contribution in [3.63, 3.8) is 0 Å². The van der Waals surface area contributed by atoms with E-state index in [2.05, 4.69) is 10.3 Å². The molecule has 1 atom stereocenters. The summed E-state index contributed by atoms with van der Waals surface area (Å²) in [6.45, 7) is 4.29. The average molecular weight is 474 g/mol. The Kier molecular flexibility index (Phi) is 7.03. The lowest BCUT2D eigenvalue weighted by Gasteiger charge is -2.29. The second-order valence-electron chi connectivity index (χ2n) is 7.38. The third-order valence-corrected chi connectivity index (χ3v) is 7.42. The van der Waals surface area contributed by atoms with Crippen LogP contribution in [0.15, 0.2) is 36.5 Å². The summed E-state index contributed by atoms with van der Waals surface area (Å²) in [5, 5.41) is 10.6. The molecule has 1 unspecified atom stereocenters. The monoisotopic (exact) mass is 473 g/mol. The molecule has 166 valence electrons. The van der Waals surface area contributed by atoms with Crippen molar-refractivity contribution in [2.24, 2.45) is 0 Å². The molecule has 11 heteroatoms. The molecule has 2 aromatic rings. The highest BCUT2D eigenvalue weighted by atomic mass is 35.5. The Hall–Kier alpha value is -2.64. The molecule has 6 nitrogen and oxygen atoms in total. The largest absolute Gasteiger partial charge is 0.417 e. The van der Waals surface area contributed by atoms with Crippen LogP contribution < -0.4 is 5.32 Å². The zero-order chi connectivity index (χ0) is 23.6. The van der Waals surface area contributed by atoms with E-state index in [-0.39, 0.29) is 16.4 Å². The quantitative estimate of drug-likeness (QED) is 0.629. The van der Waals surface area contributed by atoms with E-state index in [4.69, 9.17) is 16.9 Å². The summed E-state index contributed by atoms with van der Waals surface area (Å²) in [5.74, 6) is -1.45. The SMILES string of the molecule is CC(C)S(=O)(=O)CC(C)(C(=O)Nc1ccc(C#N)c(C(F)(F)F)c1)c1ccc(Cl)nc1. The van der Waals surface area contributed by atoms with Crippen LogP contribution in [0.25, 0.3) is 0 Å². The summed E-state index contributed by atoms with van der Waals surface area (Å²) in [4.78, 5) is 17.0. The molecule has 0 fully saturated rings. The number of carbonyl (C=O) groups is 1. The van der Waals surface area contributed by atoms with Crippen LogP contribution in [0.4, 0.5) is 18.9 Å². The Labute approximate surface area is 183 Å². The fourth-order valence-corrected chi connectivity index (χ4v) is 4.32. The highest BCUT2D eigenvalue weighted by molar-refractivity contribution is 7.92. The predicted octanol–water partition coefficient (Wildman–Crippen LogP) is 4.35. The molecule has 2 rings (SSSR count). The summed E-state index contributed by atoms with van der Waals surface area (Å²) in [6, 6.07) is 6.98. The van der Waals surface area contributed by atoms with Gasteiger partial charge in [-0.25, -0.2) is 13.4 Å². The standard InChI is InChI=1S/C20H19ClF3N3O3S/c1-12(2)31(29,30)11-19(3,14-5-7-17(21)26-10-14)18(28)27-15-6-4-13(9-25)16(8-15)20(22,23)24/h4-8,10,12H,11H2,1-3H3,(H,27,28). The third kappa shape index (κ3) is 5.54. The van der Waals surface area contributed by atoms with Gasteiger partial charge in [0.15, 0.2) is 9.84 Å². The first-order chi connectivity index (χ1) is 14.2. The van der Waals surface area contributed by atoms with E-state index < -0.39 is 49.5 Å². The zero-order valence-corrected chi connectivity index (χ0v) is 18.4. The Morgan fingerprint density at radius 2 is 1.90 bits per heavy atom. The summed E-state index contributed by atoms with van der Waals surface area (Å²) >= 11 is 5.78. The van der Waals surface area contributed by atoms with Crippen molar-refractivity contribution in [3.05, 3.63) is 58.4 Å². The van der Waals surface area contributed by atoms with E-state index in [1.807, 2.05) is 0 Å². The van der Waals surface area contributed by atoms with Crippen molar-refractivity contribution in [1.29, 1.82) is 5.26 Å². The number of rotatable bonds is 6. The highest BCUT2D eigenvalue weighted by Crippen LogP contribution is 2.35. The predicted molar refractivity (Wildman–Crippen MR) is 110 cm³/mol. The van der Waals surface area contributed by atoms with Gasteiger partial charge in [-0.05, 0) is 50.6 Å². The van der Waals surface area contributed by atoms with Gasteiger partial charge in [0.1, 0.15) is 5.15 Å². The second kappa shape index (κ2) is 8.85. The number of pyridine rings is 1. The molecule has 0 saturated carbocycles. The Balaban J connectivity index is 2.52. The van der Waals surface area contributed by atoms with Crippen molar-refractivity contribution in [2.45, 2.75) is 37.6 Å². The molecule has 0 bridgehead atoms. The first-order valence-electron chi connectivity index (χ1n) is 8.97. The molecule has 1 amide bonds. The summed E-state index contributed by atoms with van der Waals surface area (Å²) in [6.07, 6.45) is -3.56. The number of hydrogen-bond acceptors (Lipinski definition) is 5. The molecule has 1 aromatic carbocycles. The van der Waals surface area contributed by atoms with Gasteiger partial charge >= 0.3 is 6.18 Å². The van der Waals surface area contributed by atoms with Crippen molar-refractivity contribution < 1.29 is 26.4 Å². The molecule has 1 aromatic heterocycles. The Morgan fingerprint density at radius 3 is 2.39 bits per heavy atom. The van der Waals surface area contributed by atoms with Crippen molar-refractivity contribution in [1.82, 2.24) is 4.98 Å². The zero-order valence-electron chi connectivity index (χ0n) is 16.8. The van der Waals surface area contributed by atoms with Crippen molar-refractivity contribution >= 4 is 33.0 Å². The van der Waals surface area contributed by atoms with Gasteiger partial charge in [-0.15, -0.1) is 0 Å². The number of carbonyl (C=O) groups excluding carboxylic acids is 1. The number of hydrogen-bond donors (Lipinski definition) is 1. The van der Waals surface area contributed by atoms with E-state index in [1.165, 1.54) is 45.2 Å². The van der Waals surface area contributed by atoms with Crippen LogP contribution in [0.2, 0.25) is 5.15 Å². The number of nitriles is 1. The number of nitrogens with one attached hydrogen (secondary N) is 1. The topological polar surface area (TPSA) is 99.9 Å². The van der Waals surface area contributed by atoms with Gasteiger partial charge < -0.3 is 5.32 Å². The molecule has 0 spiro atoms. The van der Waals surface area contributed by atoms with Gasteiger partial charge in [-0.3, -0.25) is 4.79 Å². The fourth-order valence-electron chi connectivity index (χ4n) is 2.77. The molecule has 0 aliphatic rings. The maximum atomic E-state index is 13.2. The number of sulfone groups is 1. The molecule has 0 saturated heterocycles. The Morgan fingerprint density at radius 1 is 1.26 bits per heavy atom. The van der Waals surface area contributed by atoms with Gasteiger partial charge in [0, 0.05) is 11.9 Å². The number of aromatic nitrogens is 1. The fraction of sp³-hybridized carbons (Fsp3) is 0.350. The highest BCUT2D eigenvalue weighted by Gasteiger charge is 2.41. The van der Waals surface area contributed by atoms with Crippen LogP contribution in [-0.4, -0.2) is 30.3 Å². The minimum absolute atomic E-state index is 0.125. The number of anilines is 1. The second-order valence-corrected chi connectivity index (χ2v) is 10.3. The van der Waals surface area contributed by atoms with Gasteiger partial charge in [-0.2, -0.15) is 18.4 Å². The van der Waals surface area contributed by atoms with Gasteiger partial charge in [0.2, 0.25) is 5.91 Å².